The number of thiophene rings is 1. The highest BCUT2D eigenvalue weighted by molar-refractivity contribution is 7.14. The van der Waals surface area contributed by atoms with Crippen LogP contribution in [0.15, 0.2) is 36.4 Å². The van der Waals surface area contributed by atoms with E-state index in [-0.39, 0.29) is 5.78 Å². The minimum Gasteiger partial charge on any atom is -0.486 e. The number of benzene rings is 1. The van der Waals surface area contributed by atoms with Crippen LogP contribution in [0.3, 0.4) is 0 Å². The maximum atomic E-state index is 12.0. The van der Waals surface area contributed by atoms with E-state index in [2.05, 4.69) is 0 Å². The zero-order valence-corrected chi connectivity index (χ0v) is 11.9. The highest BCUT2D eigenvalue weighted by atomic mass is 32.1. The molecule has 1 aromatic carbocycles. The van der Waals surface area contributed by atoms with Crippen LogP contribution in [0.2, 0.25) is 0 Å². The molecule has 0 fully saturated rings. The molecule has 0 unspecified atom stereocenters. The maximum absolute atomic E-state index is 12.0. The second kappa shape index (κ2) is 5.51. The third-order valence-corrected chi connectivity index (χ3v) is 3.99. The van der Waals surface area contributed by atoms with E-state index in [1.54, 1.807) is 12.2 Å². The number of hydrogen-bond acceptors (Lipinski definition) is 4. The molecule has 1 aromatic heterocycles. The Kier molecular flexibility index (Phi) is 3.56. The van der Waals surface area contributed by atoms with Gasteiger partial charge in [0.25, 0.3) is 0 Å². The summed E-state index contributed by atoms with van der Waals surface area (Å²) in [5, 5.41) is 0. The smallest absolute Gasteiger partial charge is 0.195 e. The van der Waals surface area contributed by atoms with Crippen molar-refractivity contribution in [2.45, 2.75) is 6.92 Å². The van der Waals surface area contributed by atoms with E-state index in [0.29, 0.717) is 13.2 Å². The van der Waals surface area contributed by atoms with Crippen LogP contribution in [0, 0.1) is 6.92 Å². The predicted molar refractivity (Wildman–Crippen MR) is 79.9 cm³/mol. The zero-order valence-electron chi connectivity index (χ0n) is 11.1. The molecule has 0 aliphatic carbocycles. The standard InChI is InChI=1S/C16H14O3S/c1-11-2-7-16(20-11)13(17)5-3-12-4-6-14-15(10-12)19-9-8-18-14/h2-7,10H,8-9H2,1H3/b5-3+. The van der Waals surface area contributed by atoms with Gasteiger partial charge < -0.3 is 9.47 Å². The van der Waals surface area contributed by atoms with Crippen LogP contribution in [0.5, 0.6) is 11.5 Å². The summed E-state index contributed by atoms with van der Waals surface area (Å²) in [6.45, 7) is 3.14. The summed E-state index contributed by atoms with van der Waals surface area (Å²) in [6.07, 6.45) is 3.40. The number of ether oxygens (including phenoxy) is 2. The Hall–Kier alpha value is -2.07. The van der Waals surface area contributed by atoms with Crippen LogP contribution < -0.4 is 9.47 Å². The molecule has 3 rings (SSSR count). The number of carbonyl (C=O) groups excluding carboxylic acids is 1. The van der Waals surface area contributed by atoms with Gasteiger partial charge in [0.05, 0.1) is 4.88 Å². The maximum Gasteiger partial charge on any atom is 0.195 e. The van der Waals surface area contributed by atoms with Crippen LogP contribution in [-0.2, 0) is 0 Å². The molecule has 2 heterocycles. The van der Waals surface area contributed by atoms with Crippen molar-refractivity contribution in [1.82, 2.24) is 0 Å². The molecule has 0 atom stereocenters. The number of aryl methyl sites for hydroxylation is 1. The van der Waals surface area contributed by atoms with Gasteiger partial charge in [0, 0.05) is 4.88 Å². The lowest BCUT2D eigenvalue weighted by Gasteiger charge is -2.18. The van der Waals surface area contributed by atoms with Crippen molar-refractivity contribution in [1.29, 1.82) is 0 Å². The minimum absolute atomic E-state index is 0.0259. The lowest BCUT2D eigenvalue weighted by molar-refractivity contribution is 0.105. The van der Waals surface area contributed by atoms with E-state index in [1.807, 2.05) is 37.3 Å². The highest BCUT2D eigenvalue weighted by Gasteiger charge is 2.11. The predicted octanol–water partition coefficient (Wildman–Crippen LogP) is 3.72. The summed E-state index contributed by atoms with van der Waals surface area (Å²) in [6, 6.07) is 9.48. The molecule has 0 amide bonds. The van der Waals surface area contributed by atoms with Gasteiger partial charge in [-0.25, -0.2) is 0 Å². The molecule has 0 N–H and O–H groups in total. The van der Waals surface area contributed by atoms with Crippen molar-refractivity contribution in [2.24, 2.45) is 0 Å². The highest BCUT2D eigenvalue weighted by Crippen LogP contribution is 2.31. The topological polar surface area (TPSA) is 35.5 Å². The number of fused-ring (bicyclic) bond motifs is 1. The molecule has 0 spiro atoms. The van der Waals surface area contributed by atoms with Crippen molar-refractivity contribution in [3.63, 3.8) is 0 Å². The molecule has 1 aliphatic rings. The number of rotatable bonds is 3. The first kappa shape index (κ1) is 12.9. The SMILES string of the molecule is Cc1ccc(C(=O)/C=C/c2ccc3c(c2)OCCO3)s1. The lowest BCUT2D eigenvalue weighted by Crippen LogP contribution is -2.15. The Morgan fingerprint density at radius 2 is 1.95 bits per heavy atom. The summed E-state index contributed by atoms with van der Waals surface area (Å²) in [5.41, 5.74) is 0.927. The molecular weight excluding hydrogens is 272 g/mol. The molecule has 0 saturated carbocycles. The van der Waals surface area contributed by atoms with Crippen molar-refractivity contribution < 1.29 is 14.3 Å². The first-order chi connectivity index (χ1) is 9.72. The molecule has 1 aliphatic heterocycles. The number of hydrogen-bond donors (Lipinski definition) is 0. The van der Waals surface area contributed by atoms with Crippen molar-refractivity contribution in [2.75, 3.05) is 13.2 Å². The quantitative estimate of drug-likeness (QED) is 0.637. The van der Waals surface area contributed by atoms with Crippen molar-refractivity contribution in [3.8, 4) is 11.5 Å². The Labute approximate surface area is 121 Å². The third-order valence-electron chi connectivity index (χ3n) is 2.98. The summed E-state index contributed by atoms with van der Waals surface area (Å²) in [7, 11) is 0. The largest absolute Gasteiger partial charge is 0.486 e. The lowest BCUT2D eigenvalue weighted by atomic mass is 10.1. The van der Waals surface area contributed by atoms with Gasteiger partial charge >= 0.3 is 0 Å². The van der Waals surface area contributed by atoms with Gasteiger partial charge in [-0.2, -0.15) is 0 Å². The van der Waals surface area contributed by atoms with Crippen LogP contribution in [-0.4, -0.2) is 19.0 Å². The molecule has 0 radical (unpaired) electrons. The Balaban J connectivity index is 1.77. The van der Waals surface area contributed by atoms with Gasteiger partial charge in [0.15, 0.2) is 17.3 Å². The second-order valence-corrected chi connectivity index (χ2v) is 5.80. The summed E-state index contributed by atoms with van der Waals surface area (Å²) < 4.78 is 11.0. The van der Waals surface area contributed by atoms with Gasteiger partial charge in [-0.1, -0.05) is 12.1 Å². The van der Waals surface area contributed by atoms with Gasteiger partial charge in [0.1, 0.15) is 13.2 Å². The summed E-state index contributed by atoms with van der Waals surface area (Å²) in [5.74, 6) is 1.52. The Morgan fingerprint density at radius 1 is 1.15 bits per heavy atom. The molecule has 20 heavy (non-hydrogen) atoms. The van der Waals surface area contributed by atoms with Gasteiger partial charge in [-0.3, -0.25) is 4.79 Å². The molecule has 0 saturated heterocycles. The van der Waals surface area contributed by atoms with Crippen LogP contribution in [0.1, 0.15) is 20.1 Å². The van der Waals surface area contributed by atoms with Gasteiger partial charge in [0.2, 0.25) is 0 Å². The number of allylic oxidation sites excluding steroid dienone is 1. The van der Waals surface area contributed by atoms with Crippen LogP contribution in [0.4, 0.5) is 0 Å². The first-order valence-corrected chi connectivity index (χ1v) is 7.22. The van der Waals surface area contributed by atoms with Crippen molar-refractivity contribution >= 4 is 23.2 Å². The first-order valence-electron chi connectivity index (χ1n) is 6.41. The Morgan fingerprint density at radius 3 is 2.70 bits per heavy atom. The Bertz CT molecular complexity index is 670. The fraction of sp³-hybridized carbons (Fsp3) is 0.188. The van der Waals surface area contributed by atoms with Crippen LogP contribution >= 0.6 is 11.3 Å². The monoisotopic (exact) mass is 286 g/mol. The molecule has 0 bridgehead atoms. The van der Waals surface area contributed by atoms with E-state index in [0.717, 1.165) is 26.8 Å². The van der Waals surface area contributed by atoms with Gasteiger partial charge in [-0.05, 0) is 42.8 Å². The molecular formula is C16H14O3S. The fourth-order valence-corrected chi connectivity index (χ4v) is 2.77. The van der Waals surface area contributed by atoms with E-state index >= 15 is 0 Å². The molecule has 4 heteroatoms. The van der Waals surface area contributed by atoms with Crippen LogP contribution in [0.25, 0.3) is 6.08 Å². The van der Waals surface area contributed by atoms with Gasteiger partial charge in [-0.15, -0.1) is 11.3 Å². The second-order valence-electron chi connectivity index (χ2n) is 4.51. The third kappa shape index (κ3) is 2.75. The van der Waals surface area contributed by atoms with E-state index in [4.69, 9.17) is 9.47 Å². The minimum atomic E-state index is 0.0259. The van der Waals surface area contributed by atoms with E-state index < -0.39 is 0 Å². The van der Waals surface area contributed by atoms with Crippen molar-refractivity contribution in [3.05, 3.63) is 51.7 Å². The van der Waals surface area contributed by atoms with E-state index in [1.165, 1.54) is 11.3 Å². The summed E-state index contributed by atoms with van der Waals surface area (Å²) >= 11 is 1.51. The zero-order chi connectivity index (χ0) is 13.9. The average Bonchev–Trinajstić information content (AvgIpc) is 2.91. The number of carbonyl (C=O) groups is 1. The number of ketones is 1. The summed E-state index contributed by atoms with van der Waals surface area (Å²) in [4.78, 5) is 13.9. The van der Waals surface area contributed by atoms with E-state index in [9.17, 15) is 4.79 Å². The fourth-order valence-electron chi connectivity index (χ4n) is 1.98. The molecule has 3 nitrogen and oxygen atoms in total. The normalized spacial score (nSPS) is 13.7. The molecule has 102 valence electrons. The average molecular weight is 286 g/mol. The molecule has 2 aromatic rings.